The minimum Gasteiger partial charge on any atom is -0.457 e. The van der Waals surface area contributed by atoms with Gasteiger partial charge in [-0.25, -0.2) is 8.42 Å². The molecular weight excluding hydrogens is 338 g/mol. The zero-order valence-corrected chi connectivity index (χ0v) is 16.4. The van der Waals surface area contributed by atoms with Gasteiger partial charge in [0.1, 0.15) is 6.10 Å². The van der Waals surface area contributed by atoms with E-state index >= 15 is 0 Å². The van der Waals surface area contributed by atoms with E-state index in [4.69, 9.17) is 4.74 Å². The molecule has 1 aliphatic heterocycles. The molecule has 6 heteroatoms. The third-order valence-corrected chi connectivity index (χ3v) is 6.36. The van der Waals surface area contributed by atoms with Crippen molar-refractivity contribution in [1.82, 2.24) is 5.32 Å². The Hall–Kier alpha value is -1.40. The Morgan fingerprint density at radius 2 is 1.76 bits per heavy atom. The van der Waals surface area contributed by atoms with Gasteiger partial charge in [0.15, 0.2) is 9.84 Å². The third-order valence-electron chi connectivity index (χ3n) is 4.61. The molecule has 1 atom stereocenters. The van der Waals surface area contributed by atoms with Gasteiger partial charge in [0.25, 0.3) is 0 Å². The van der Waals surface area contributed by atoms with E-state index in [1.165, 1.54) is 0 Å². The van der Waals surface area contributed by atoms with Crippen LogP contribution < -0.4 is 5.32 Å². The smallest absolute Gasteiger partial charge is 0.311 e. The average Bonchev–Trinajstić information content (AvgIpc) is 2.59. The average molecular weight is 368 g/mol. The van der Waals surface area contributed by atoms with Gasteiger partial charge in [-0.05, 0) is 64.4 Å². The Morgan fingerprint density at radius 1 is 1.20 bits per heavy atom. The number of hydrogen-bond acceptors (Lipinski definition) is 5. The second kappa shape index (κ2) is 7.87. The van der Waals surface area contributed by atoms with Crippen LogP contribution in [0.2, 0.25) is 0 Å². The van der Waals surface area contributed by atoms with Crippen LogP contribution in [-0.4, -0.2) is 33.2 Å². The fourth-order valence-electron chi connectivity index (χ4n) is 2.91. The SMILES string of the molecule is CCS(=O)(=O)c1ccc(C(OC(=O)C(C)(C)C)C2CCNCC2)cc1. The number of carbonyl (C=O) groups is 1. The number of piperidine rings is 1. The van der Waals surface area contributed by atoms with E-state index in [0.29, 0.717) is 4.90 Å². The Labute approximate surface area is 151 Å². The molecule has 140 valence electrons. The molecule has 5 nitrogen and oxygen atoms in total. The number of benzene rings is 1. The summed E-state index contributed by atoms with van der Waals surface area (Å²) in [7, 11) is -3.23. The molecule has 1 aromatic carbocycles. The molecule has 1 N–H and O–H groups in total. The topological polar surface area (TPSA) is 72.5 Å². The van der Waals surface area contributed by atoms with Crippen molar-refractivity contribution in [3.63, 3.8) is 0 Å². The van der Waals surface area contributed by atoms with Crippen molar-refractivity contribution in [2.24, 2.45) is 11.3 Å². The van der Waals surface area contributed by atoms with E-state index in [1.807, 2.05) is 20.8 Å². The number of sulfone groups is 1. The van der Waals surface area contributed by atoms with Gasteiger partial charge in [0.05, 0.1) is 16.1 Å². The maximum atomic E-state index is 12.4. The van der Waals surface area contributed by atoms with E-state index in [0.717, 1.165) is 31.5 Å². The van der Waals surface area contributed by atoms with Crippen molar-refractivity contribution in [2.45, 2.75) is 51.5 Å². The van der Waals surface area contributed by atoms with Crippen LogP contribution >= 0.6 is 0 Å². The van der Waals surface area contributed by atoms with Crippen molar-refractivity contribution in [3.05, 3.63) is 29.8 Å². The highest BCUT2D eigenvalue weighted by molar-refractivity contribution is 7.91. The summed E-state index contributed by atoms with van der Waals surface area (Å²) in [4.78, 5) is 12.7. The summed E-state index contributed by atoms with van der Waals surface area (Å²) in [6, 6.07) is 6.80. The molecule has 0 spiro atoms. The third kappa shape index (κ3) is 5.05. The first kappa shape index (κ1) is 19.9. The van der Waals surface area contributed by atoms with Crippen LogP contribution in [0.1, 0.15) is 52.2 Å². The fourth-order valence-corrected chi connectivity index (χ4v) is 3.79. The molecule has 0 aromatic heterocycles. The highest BCUT2D eigenvalue weighted by Crippen LogP contribution is 2.34. The Balaban J connectivity index is 2.29. The summed E-state index contributed by atoms with van der Waals surface area (Å²) in [5, 5.41) is 3.32. The van der Waals surface area contributed by atoms with Crippen LogP contribution in [0.3, 0.4) is 0 Å². The van der Waals surface area contributed by atoms with Crippen molar-refractivity contribution in [2.75, 3.05) is 18.8 Å². The number of carbonyl (C=O) groups excluding carboxylic acids is 1. The fraction of sp³-hybridized carbons (Fsp3) is 0.632. The predicted octanol–water partition coefficient (Wildman–Crippen LogP) is 3.11. The van der Waals surface area contributed by atoms with Gasteiger partial charge >= 0.3 is 5.97 Å². The van der Waals surface area contributed by atoms with Gasteiger partial charge in [0, 0.05) is 5.92 Å². The van der Waals surface area contributed by atoms with Crippen LogP contribution in [0, 0.1) is 11.3 Å². The number of esters is 1. The molecule has 2 rings (SSSR count). The molecule has 1 saturated heterocycles. The van der Waals surface area contributed by atoms with Crippen LogP contribution in [0.5, 0.6) is 0 Å². The summed E-state index contributed by atoms with van der Waals surface area (Å²) in [6.45, 7) is 8.95. The summed E-state index contributed by atoms with van der Waals surface area (Å²) in [5.74, 6) is 0.0748. The van der Waals surface area contributed by atoms with Gasteiger partial charge in [-0.15, -0.1) is 0 Å². The maximum absolute atomic E-state index is 12.4. The van der Waals surface area contributed by atoms with Crippen LogP contribution in [0.15, 0.2) is 29.2 Å². The molecular formula is C19H29NO4S. The summed E-state index contributed by atoms with van der Waals surface area (Å²) in [5.41, 5.74) is 0.288. The first-order valence-corrected chi connectivity index (χ1v) is 10.5. The Morgan fingerprint density at radius 3 is 2.24 bits per heavy atom. The monoisotopic (exact) mass is 367 g/mol. The zero-order chi connectivity index (χ0) is 18.7. The van der Waals surface area contributed by atoms with Crippen LogP contribution in [-0.2, 0) is 19.4 Å². The number of hydrogen-bond donors (Lipinski definition) is 1. The van der Waals surface area contributed by atoms with E-state index in [1.54, 1.807) is 31.2 Å². The lowest BCUT2D eigenvalue weighted by Crippen LogP contribution is -2.34. The molecule has 1 aliphatic rings. The van der Waals surface area contributed by atoms with Crippen molar-refractivity contribution >= 4 is 15.8 Å². The van der Waals surface area contributed by atoms with Gasteiger partial charge in [-0.1, -0.05) is 19.1 Å². The molecule has 0 aliphatic carbocycles. The van der Waals surface area contributed by atoms with Gasteiger partial charge in [0.2, 0.25) is 0 Å². The lowest BCUT2D eigenvalue weighted by atomic mass is 9.87. The van der Waals surface area contributed by atoms with Gasteiger partial charge < -0.3 is 10.1 Å². The molecule has 1 fully saturated rings. The number of nitrogens with one attached hydrogen (secondary N) is 1. The number of rotatable bonds is 5. The molecule has 1 aromatic rings. The van der Waals surface area contributed by atoms with Crippen molar-refractivity contribution in [1.29, 1.82) is 0 Å². The highest BCUT2D eigenvalue weighted by atomic mass is 32.2. The molecule has 0 radical (unpaired) electrons. The first-order chi connectivity index (χ1) is 11.6. The standard InChI is InChI=1S/C19H29NO4S/c1-5-25(22,23)16-8-6-14(7-9-16)17(15-10-12-20-13-11-15)24-18(21)19(2,3)4/h6-9,15,17,20H,5,10-13H2,1-4H3. The normalized spacial score (nSPS) is 17.9. The van der Waals surface area contributed by atoms with Crippen LogP contribution in [0.25, 0.3) is 0 Å². The largest absolute Gasteiger partial charge is 0.457 e. The summed E-state index contributed by atoms with van der Waals surface area (Å²) < 4.78 is 29.9. The van der Waals surface area contributed by atoms with Crippen molar-refractivity contribution < 1.29 is 17.9 Å². The maximum Gasteiger partial charge on any atom is 0.311 e. The van der Waals surface area contributed by atoms with Crippen molar-refractivity contribution in [3.8, 4) is 0 Å². The Kier molecular flexibility index (Phi) is 6.27. The summed E-state index contributed by atoms with van der Waals surface area (Å²) >= 11 is 0. The molecule has 0 amide bonds. The molecule has 0 saturated carbocycles. The zero-order valence-electron chi connectivity index (χ0n) is 15.5. The predicted molar refractivity (Wildman–Crippen MR) is 98.1 cm³/mol. The molecule has 0 bridgehead atoms. The van der Waals surface area contributed by atoms with E-state index in [9.17, 15) is 13.2 Å². The Bertz CT molecular complexity index is 683. The van der Waals surface area contributed by atoms with E-state index in [-0.39, 0.29) is 23.7 Å². The quantitative estimate of drug-likeness (QED) is 0.810. The van der Waals surface area contributed by atoms with Crippen LogP contribution in [0.4, 0.5) is 0 Å². The lowest BCUT2D eigenvalue weighted by molar-refractivity contribution is -0.162. The van der Waals surface area contributed by atoms with Gasteiger partial charge in [-0.3, -0.25) is 4.79 Å². The molecule has 25 heavy (non-hydrogen) atoms. The van der Waals surface area contributed by atoms with Gasteiger partial charge in [-0.2, -0.15) is 0 Å². The molecule has 1 unspecified atom stereocenters. The lowest BCUT2D eigenvalue weighted by Gasteiger charge is -2.32. The van der Waals surface area contributed by atoms with E-state index in [2.05, 4.69) is 5.32 Å². The first-order valence-electron chi connectivity index (χ1n) is 8.89. The minimum absolute atomic E-state index is 0.0725. The highest BCUT2D eigenvalue weighted by Gasteiger charge is 2.32. The second-order valence-corrected chi connectivity index (χ2v) is 9.91. The second-order valence-electron chi connectivity index (χ2n) is 7.64. The molecule has 1 heterocycles. The minimum atomic E-state index is -3.23. The van der Waals surface area contributed by atoms with E-state index < -0.39 is 15.3 Å². The number of ether oxygens (including phenoxy) is 1. The summed E-state index contributed by atoms with van der Waals surface area (Å²) in [6.07, 6.45) is 1.51.